The fourth-order valence-electron chi connectivity index (χ4n) is 10.1. The maximum atomic E-state index is 13.8. The number of likely N-dealkylation sites (tertiary alicyclic amines) is 2. The minimum absolute atomic E-state index is 0.00427. The largest absolute Gasteiger partial charge is 0.469 e. The van der Waals surface area contributed by atoms with Gasteiger partial charge in [-0.25, -0.2) is 0 Å². The van der Waals surface area contributed by atoms with E-state index in [2.05, 4.69) is 67.3 Å². The van der Waals surface area contributed by atoms with Gasteiger partial charge in [-0.15, -0.1) is 0 Å². The Morgan fingerprint density at radius 3 is 1.28 bits per heavy atom. The van der Waals surface area contributed by atoms with E-state index in [1.807, 2.05) is 52.0 Å². The highest BCUT2D eigenvalue weighted by Crippen LogP contribution is 2.47. The van der Waals surface area contributed by atoms with Gasteiger partial charge < -0.3 is 24.2 Å². The summed E-state index contributed by atoms with van der Waals surface area (Å²) in [6.07, 6.45) is 5.06. The lowest BCUT2D eigenvalue weighted by Gasteiger charge is -2.34. The Morgan fingerprint density at radius 1 is 0.547 bits per heavy atom. The second-order valence-electron chi connectivity index (χ2n) is 19.2. The lowest BCUT2D eigenvalue weighted by atomic mass is 9.90. The zero-order valence-corrected chi connectivity index (χ0v) is 39.2. The summed E-state index contributed by atoms with van der Waals surface area (Å²) in [6, 6.07) is 24.8. The first-order valence-corrected chi connectivity index (χ1v) is 23.5. The monoisotopic (exact) mass is 876 g/mol. The molecule has 64 heavy (non-hydrogen) atoms. The van der Waals surface area contributed by atoms with Crippen molar-refractivity contribution in [2.24, 2.45) is 23.7 Å². The maximum Gasteiger partial charge on any atom is 0.306 e. The molecule has 0 spiro atoms. The summed E-state index contributed by atoms with van der Waals surface area (Å²) < 4.78 is 9.73. The number of carbonyl (C=O) groups is 6. The highest BCUT2D eigenvalue weighted by Gasteiger charge is 2.41. The van der Waals surface area contributed by atoms with E-state index in [0.717, 1.165) is 53.6 Å². The fraction of sp³-hybridized carbons (Fsp3) is 0.547. The number of hydrogen-bond donors (Lipinski definition) is 0. The van der Waals surface area contributed by atoms with E-state index in [4.69, 9.17) is 9.47 Å². The number of ketones is 2. The van der Waals surface area contributed by atoms with Gasteiger partial charge in [0.2, 0.25) is 11.8 Å². The van der Waals surface area contributed by atoms with Crippen molar-refractivity contribution in [3.63, 3.8) is 0 Å². The molecule has 344 valence electrons. The van der Waals surface area contributed by atoms with Gasteiger partial charge in [0.05, 0.1) is 63.1 Å². The van der Waals surface area contributed by atoms with E-state index >= 15 is 0 Å². The van der Waals surface area contributed by atoms with Crippen LogP contribution in [0, 0.1) is 23.7 Å². The van der Waals surface area contributed by atoms with Crippen molar-refractivity contribution in [1.29, 1.82) is 0 Å². The number of benzene rings is 3. The average molecular weight is 876 g/mol. The van der Waals surface area contributed by atoms with E-state index in [0.29, 0.717) is 31.8 Å². The quantitative estimate of drug-likeness (QED) is 0.115. The molecule has 0 radical (unpaired) electrons. The Kier molecular flexibility index (Phi) is 16.2. The standard InChI is InChI=1S/C53H69N3O8/c1-33(2)38-21-23-41(24-22-38)56-44(39-17-13-36(14-18-39)29-48(57)46-11-9-27-54(46)52(61)42(34(3)4)31-50(59)63-7)25-26-45(56)40-19-15-37(16-20-40)30-49(58)47-12-10-28-55(47)53(62)43(35(5)6)32-51(60)64-8/h13-24,33-35,42-47H,9-12,25-32H2,1-8H3/t42-,43-,44-,45-,46-,47-/m0/s1. The molecule has 0 saturated carbocycles. The van der Waals surface area contributed by atoms with Crippen LogP contribution in [0.3, 0.4) is 0 Å². The van der Waals surface area contributed by atoms with Crippen LogP contribution in [-0.2, 0) is 51.1 Å². The molecule has 3 aliphatic rings. The van der Waals surface area contributed by atoms with Gasteiger partial charge in [0.25, 0.3) is 0 Å². The predicted octanol–water partition coefficient (Wildman–Crippen LogP) is 8.77. The zero-order valence-electron chi connectivity index (χ0n) is 39.2. The van der Waals surface area contributed by atoms with Crippen LogP contribution in [0.4, 0.5) is 5.69 Å². The van der Waals surface area contributed by atoms with Crippen LogP contribution in [0.1, 0.15) is 139 Å². The van der Waals surface area contributed by atoms with Crippen molar-refractivity contribution in [2.45, 2.75) is 136 Å². The van der Waals surface area contributed by atoms with E-state index in [-0.39, 0.29) is 73.0 Å². The first-order valence-electron chi connectivity index (χ1n) is 23.5. The number of nitrogens with zero attached hydrogens (tertiary/aromatic N) is 3. The van der Waals surface area contributed by atoms with Gasteiger partial charge in [0, 0.05) is 31.6 Å². The van der Waals surface area contributed by atoms with Gasteiger partial charge in [-0.1, -0.05) is 102 Å². The van der Waals surface area contributed by atoms with Crippen molar-refractivity contribution < 1.29 is 38.2 Å². The minimum atomic E-state index is -0.529. The van der Waals surface area contributed by atoms with Crippen molar-refractivity contribution in [3.05, 3.63) is 101 Å². The lowest BCUT2D eigenvalue weighted by Crippen LogP contribution is -2.45. The molecule has 0 bridgehead atoms. The lowest BCUT2D eigenvalue weighted by molar-refractivity contribution is -0.149. The highest BCUT2D eigenvalue weighted by atomic mass is 16.5. The van der Waals surface area contributed by atoms with E-state index < -0.39 is 35.9 Å². The zero-order chi connectivity index (χ0) is 46.2. The summed E-state index contributed by atoms with van der Waals surface area (Å²) in [7, 11) is 2.65. The van der Waals surface area contributed by atoms with Gasteiger partial charge in [-0.2, -0.15) is 0 Å². The van der Waals surface area contributed by atoms with E-state index in [9.17, 15) is 28.8 Å². The Bertz CT molecular complexity index is 1990. The van der Waals surface area contributed by atoms with Crippen LogP contribution in [0.25, 0.3) is 0 Å². The van der Waals surface area contributed by atoms with Gasteiger partial charge in [0.15, 0.2) is 11.6 Å². The second kappa shape index (κ2) is 21.6. The molecule has 0 aromatic heterocycles. The van der Waals surface area contributed by atoms with Crippen molar-refractivity contribution in [3.8, 4) is 0 Å². The third-order valence-electron chi connectivity index (χ3n) is 14.0. The molecular weight excluding hydrogens is 807 g/mol. The molecule has 11 nitrogen and oxygen atoms in total. The third-order valence-corrected chi connectivity index (χ3v) is 14.0. The predicted molar refractivity (Wildman–Crippen MR) is 247 cm³/mol. The first-order chi connectivity index (χ1) is 30.6. The first kappa shape index (κ1) is 48.1. The summed E-state index contributed by atoms with van der Waals surface area (Å²) in [5.74, 6) is -1.89. The molecule has 0 N–H and O–H groups in total. The molecule has 3 heterocycles. The van der Waals surface area contributed by atoms with Gasteiger partial charge >= 0.3 is 11.9 Å². The highest BCUT2D eigenvalue weighted by molar-refractivity contribution is 5.93. The number of Topliss-reactive ketones (excluding diaryl/α,β-unsaturated/α-hetero) is 2. The molecule has 3 aliphatic heterocycles. The van der Waals surface area contributed by atoms with Crippen LogP contribution in [0.2, 0.25) is 0 Å². The minimum Gasteiger partial charge on any atom is -0.469 e. The Hall–Kier alpha value is -5.32. The normalized spacial score (nSPS) is 20.8. The number of rotatable bonds is 18. The topological polar surface area (TPSA) is 131 Å². The van der Waals surface area contributed by atoms with Gasteiger partial charge in [-0.05, 0) is 96.2 Å². The molecular formula is C53H69N3O8. The number of amides is 2. The van der Waals surface area contributed by atoms with Crippen LogP contribution in [0.5, 0.6) is 0 Å². The summed E-state index contributed by atoms with van der Waals surface area (Å²) in [5.41, 5.74) is 6.54. The molecule has 3 fully saturated rings. The Balaban J connectivity index is 1.16. The van der Waals surface area contributed by atoms with Crippen molar-refractivity contribution in [1.82, 2.24) is 9.80 Å². The van der Waals surface area contributed by atoms with E-state index in [1.165, 1.54) is 19.8 Å². The van der Waals surface area contributed by atoms with Gasteiger partial charge in [-0.3, -0.25) is 28.8 Å². The van der Waals surface area contributed by atoms with Gasteiger partial charge in [0.1, 0.15) is 0 Å². The molecule has 0 aliphatic carbocycles. The Morgan fingerprint density at radius 2 is 0.938 bits per heavy atom. The summed E-state index contributed by atoms with van der Waals surface area (Å²) in [5, 5.41) is 0. The number of esters is 2. The molecule has 3 aromatic carbocycles. The molecule has 6 atom stereocenters. The SMILES string of the molecule is COC(=O)C[C@H](C(=O)N1CCC[C@H]1C(=O)Cc1ccc([C@@H]2CC[C@@H](c3ccc(CC(=O)[C@@H]4CCCN4C(=O)[C@@H](CC(=O)OC)C(C)C)cc3)N2c2ccc(C(C)C)cc2)cc1)C(C)C. The van der Waals surface area contributed by atoms with Crippen molar-refractivity contribution in [2.75, 3.05) is 32.2 Å². The molecule has 3 saturated heterocycles. The van der Waals surface area contributed by atoms with Crippen molar-refractivity contribution >= 4 is 41.0 Å². The van der Waals surface area contributed by atoms with E-state index in [1.54, 1.807) is 9.80 Å². The molecule has 3 aromatic rings. The summed E-state index contributed by atoms with van der Waals surface area (Å²) in [4.78, 5) is 85.0. The smallest absolute Gasteiger partial charge is 0.306 e. The number of anilines is 1. The third kappa shape index (κ3) is 11.1. The maximum absolute atomic E-state index is 13.8. The molecule has 0 unspecified atom stereocenters. The van der Waals surface area contributed by atoms with Crippen LogP contribution < -0.4 is 4.90 Å². The molecule has 6 rings (SSSR count). The number of methoxy groups -OCH3 is 2. The Labute approximate surface area is 380 Å². The number of ether oxygens (including phenoxy) is 2. The van der Waals surface area contributed by atoms with Crippen LogP contribution >= 0.6 is 0 Å². The van der Waals surface area contributed by atoms with Crippen LogP contribution in [-0.4, -0.2) is 84.5 Å². The molecule has 11 heteroatoms. The summed E-state index contributed by atoms with van der Waals surface area (Å²) in [6.45, 7) is 13.1. The number of hydrogen-bond acceptors (Lipinski definition) is 9. The number of carbonyl (C=O) groups excluding carboxylic acids is 6. The summed E-state index contributed by atoms with van der Waals surface area (Å²) >= 11 is 0. The fourth-order valence-corrected chi connectivity index (χ4v) is 10.1. The average Bonchev–Trinajstić information content (AvgIpc) is 4.08. The second-order valence-corrected chi connectivity index (χ2v) is 19.2. The van der Waals surface area contributed by atoms with Crippen LogP contribution in [0.15, 0.2) is 72.8 Å². The molecule has 2 amide bonds.